The number of hydrogen-bond acceptors (Lipinski definition) is 9. The Kier molecular flexibility index (Phi) is 3.47. The third-order valence-corrected chi connectivity index (χ3v) is 4.50. The van der Waals surface area contributed by atoms with Crippen molar-refractivity contribution in [2.45, 2.75) is 13.3 Å². The quantitative estimate of drug-likeness (QED) is 0.906. The maximum absolute atomic E-state index is 5.61. The van der Waals surface area contributed by atoms with Crippen LogP contribution < -0.4 is 15.4 Å². The van der Waals surface area contributed by atoms with Crippen molar-refractivity contribution in [1.82, 2.24) is 20.4 Å². The van der Waals surface area contributed by atoms with Crippen LogP contribution in [-0.4, -0.2) is 40.1 Å². The molecule has 2 aromatic rings. The molecule has 19 heavy (non-hydrogen) atoms. The Morgan fingerprint density at radius 1 is 1.32 bits per heavy atom. The Morgan fingerprint density at radius 3 is 2.89 bits per heavy atom. The van der Waals surface area contributed by atoms with E-state index in [0.29, 0.717) is 22.9 Å². The van der Waals surface area contributed by atoms with Gasteiger partial charge in [-0.3, -0.25) is 0 Å². The van der Waals surface area contributed by atoms with Crippen LogP contribution >= 0.6 is 22.7 Å². The number of aromatic nitrogens is 4. The van der Waals surface area contributed by atoms with E-state index < -0.39 is 0 Å². The van der Waals surface area contributed by atoms with Gasteiger partial charge in [0, 0.05) is 19.0 Å². The van der Waals surface area contributed by atoms with Crippen molar-refractivity contribution in [3.63, 3.8) is 0 Å². The minimum absolute atomic E-state index is 0.437. The lowest BCUT2D eigenvalue weighted by Crippen LogP contribution is -2.21. The Balaban J connectivity index is 1.52. The molecule has 1 atom stereocenters. The van der Waals surface area contributed by atoms with Gasteiger partial charge < -0.3 is 15.4 Å². The molecule has 0 aliphatic carbocycles. The summed E-state index contributed by atoms with van der Waals surface area (Å²) < 4.78 is 5.61. The maximum Gasteiger partial charge on any atom is 0.295 e. The van der Waals surface area contributed by atoms with Crippen molar-refractivity contribution < 1.29 is 4.74 Å². The number of hydrogen-bond donors (Lipinski definition) is 1. The van der Waals surface area contributed by atoms with Gasteiger partial charge in [-0.2, -0.15) is 0 Å². The van der Waals surface area contributed by atoms with E-state index in [4.69, 9.17) is 10.5 Å². The molecular weight excluding hydrogens is 284 g/mol. The summed E-state index contributed by atoms with van der Waals surface area (Å²) in [5.41, 5.74) is 5.51. The molecule has 7 nitrogen and oxygen atoms in total. The molecule has 3 rings (SSSR count). The van der Waals surface area contributed by atoms with Gasteiger partial charge in [-0.15, -0.1) is 15.3 Å². The van der Waals surface area contributed by atoms with Gasteiger partial charge in [0.25, 0.3) is 5.19 Å². The Morgan fingerprint density at radius 2 is 2.21 bits per heavy atom. The second kappa shape index (κ2) is 5.25. The van der Waals surface area contributed by atoms with E-state index in [2.05, 4.69) is 25.3 Å². The van der Waals surface area contributed by atoms with E-state index in [-0.39, 0.29) is 0 Å². The molecule has 0 unspecified atom stereocenters. The fraction of sp³-hybridized carbons (Fsp3) is 0.600. The number of aryl methyl sites for hydroxylation is 1. The minimum Gasteiger partial charge on any atom is -0.469 e. The molecule has 0 aromatic carbocycles. The van der Waals surface area contributed by atoms with E-state index in [1.165, 1.54) is 11.3 Å². The minimum atomic E-state index is 0.437. The maximum atomic E-state index is 5.61. The Labute approximate surface area is 118 Å². The molecule has 9 heteroatoms. The molecule has 2 N–H and O–H groups in total. The van der Waals surface area contributed by atoms with Crippen molar-refractivity contribution in [2.24, 2.45) is 5.92 Å². The highest BCUT2D eigenvalue weighted by Gasteiger charge is 2.25. The average Bonchev–Trinajstić information content (AvgIpc) is 3.07. The van der Waals surface area contributed by atoms with Gasteiger partial charge >= 0.3 is 0 Å². The van der Waals surface area contributed by atoms with Crippen LogP contribution in [0.5, 0.6) is 5.19 Å². The zero-order chi connectivity index (χ0) is 13.2. The smallest absolute Gasteiger partial charge is 0.295 e. The average molecular weight is 298 g/mol. The molecule has 1 saturated heterocycles. The second-order valence-corrected chi connectivity index (χ2v) is 6.55. The highest BCUT2D eigenvalue weighted by Crippen LogP contribution is 2.27. The second-order valence-electron chi connectivity index (χ2n) is 4.42. The summed E-state index contributed by atoms with van der Waals surface area (Å²) in [6.45, 7) is 4.56. The van der Waals surface area contributed by atoms with Crippen LogP contribution in [0.2, 0.25) is 0 Å². The summed E-state index contributed by atoms with van der Waals surface area (Å²) in [5.74, 6) is 0.481. The van der Waals surface area contributed by atoms with Crippen LogP contribution in [0.15, 0.2) is 0 Å². The summed E-state index contributed by atoms with van der Waals surface area (Å²) in [4.78, 5) is 2.26. The zero-order valence-electron chi connectivity index (χ0n) is 10.4. The first-order valence-electron chi connectivity index (χ1n) is 5.97. The van der Waals surface area contributed by atoms with Gasteiger partial charge in [0.2, 0.25) is 10.3 Å². The molecule has 0 spiro atoms. The van der Waals surface area contributed by atoms with Crippen LogP contribution in [0.1, 0.15) is 11.4 Å². The molecule has 1 aliphatic heterocycles. The molecule has 0 bridgehead atoms. The van der Waals surface area contributed by atoms with Crippen molar-refractivity contribution in [2.75, 3.05) is 30.3 Å². The predicted octanol–water partition coefficient (Wildman–Crippen LogP) is 1.19. The van der Waals surface area contributed by atoms with E-state index in [1.807, 2.05) is 6.92 Å². The Hall–Kier alpha value is -1.48. The highest BCUT2D eigenvalue weighted by molar-refractivity contribution is 7.16. The lowest BCUT2D eigenvalue weighted by molar-refractivity contribution is 0.258. The summed E-state index contributed by atoms with van der Waals surface area (Å²) in [7, 11) is 0. The van der Waals surface area contributed by atoms with Crippen LogP contribution in [0, 0.1) is 12.8 Å². The first kappa shape index (κ1) is 12.5. The van der Waals surface area contributed by atoms with E-state index in [1.54, 1.807) is 11.3 Å². The lowest BCUT2D eigenvalue weighted by atomic mass is 10.1. The van der Waals surface area contributed by atoms with Gasteiger partial charge in [0.15, 0.2) is 0 Å². The number of rotatable bonds is 4. The fourth-order valence-corrected chi connectivity index (χ4v) is 3.22. The summed E-state index contributed by atoms with van der Waals surface area (Å²) in [6, 6.07) is 0. The molecule has 0 radical (unpaired) electrons. The third-order valence-electron chi connectivity index (χ3n) is 2.94. The molecule has 2 aromatic heterocycles. The summed E-state index contributed by atoms with van der Waals surface area (Å²) in [5, 5.41) is 18.8. The summed E-state index contributed by atoms with van der Waals surface area (Å²) in [6.07, 6.45) is 1.09. The van der Waals surface area contributed by atoms with Crippen molar-refractivity contribution in [3.8, 4) is 5.19 Å². The number of nitrogens with two attached hydrogens (primary N) is 1. The monoisotopic (exact) mass is 298 g/mol. The molecule has 0 saturated carbocycles. The zero-order valence-corrected chi connectivity index (χ0v) is 12.1. The number of anilines is 2. The van der Waals surface area contributed by atoms with Gasteiger partial charge in [-0.05, 0) is 24.7 Å². The topological polar surface area (TPSA) is 90.0 Å². The number of ether oxygens (including phenoxy) is 1. The van der Waals surface area contributed by atoms with Crippen LogP contribution in [0.4, 0.5) is 10.3 Å². The van der Waals surface area contributed by atoms with Crippen LogP contribution in [-0.2, 0) is 0 Å². The number of nitrogen functional groups attached to an aromatic ring is 1. The molecule has 1 aliphatic rings. The molecule has 1 fully saturated rings. The van der Waals surface area contributed by atoms with Gasteiger partial charge in [-0.1, -0.05) is 16.4 Å². The third kappa shape index (κ3) is 2.92. The molecule has 102 valence electrons. The largest absolute Gasteiger partial charge is 0.469 e. The van der Waals surface area contributed by atoms with Gasteiger partial charge in [0.05, 0.1) is 6.61 Å². The standard InChI is InChI=1S/C10H14N6OS2/c1-6-12-14-9(18-6)16-3-2-7(4-16)5-17-10-15-13-8(11)19-10/h7H,2-5H2,1H3,(H2,11,13)/t7-/m0/s1. The van der Waals surface area contributed by atoms with Crippen molar-refractivity contribution in [1.29, 1.82) is 0 Å². The van der Waals surface area contributed by atoms with Crippen LogP contribution in [0.3, 0.4) is 0 Å². The summed E-state index contributed by atoms with van der Waals surface area (Å²) >= 11 is 2.90. The normalized spacial score (nSPS) is 19.0. The van der Waals surface area contributed by atoms with Gasteiger partial charge in [0.1, 0.15) is 5.01 Å². The highest BCUT2D eigenvalue weighted by atomic mass is 32.1. The molecular formula is C10H14N6OS2. The Bertz CT molecular complexity index is 556. The first-order chi connectivity index (χ1) is 9.20. The SMILES string of the molecule is Cc1nnc(N2CC[C@H](COc3nnc(N)s3)C2)s1. The molecule has 0 amide bonds. The fourth-order valence-electron chi connectivity index (χ4n) is 2.02. The van der Waals surface area contributed by atoms with E-state index in [0.717, 1.165) is 29.6 Å². The number of nitrogens with zero attached hydrogens (tertiary/aromatic N) is 5. The van der Waals surface area contributed by atoms with Gasteiger partial charge in [-0.25, -0.2) is 0 Å². The van der Waals surface area contributed by atoms with E-state index >= 15 is 0 Å². The van der Waals surface area contributed by atoms with Crippen molar-refractivity contribution >= 4 is 32.9 Å². The van der Waals surface area contributed by atoms with Crippen LogP contribution in [0.25, 0.3) is 0 Å². The van der Waals surface area contributed by atoms with E-state index in [9.17, 15) is 0 Å². The van der Waals surface area contributed by atoms with Crippen molar-refractivity contribution in [3.05, 3.63) is 5.01 Å². The first-order valence-corrected chi connectivity index (χ1v) is 7.61. The predicted molar refractivity (Wildman–Crippen MR) is 74.8 cm³/mol. The lowest BCUT2D eigenvalue weighted by Gasteiger charge is -2.13. The molecule has 3 heterocycles.